The molecule has 4 rings (SSSR count). The maximum absolute atomic E-state index is 13.9. The quantitative estimate of drug-likeness (QED) is 0.448. The number of hydrogen-bond donors (Lipinski definition) is 1. The predicted octanol–water partition coefficient (Wildman–Crippen LogP) is 5.86. The Kier molecular flexibility index (Phi) is 5.27. The van der Waals surface area contributed by atoms with E-state index in [9.17, 15) is 8.78 Å². The normalized spacial score (nSPS) is 11.5. The van der Waals surface area contributed by atoms with E-state index in [4.69, 9.17) is 14.7 Å². The molecule has 1 N–H and O–H groups in total. The van der Waals surface area contributed by atoms with E-state index in [1.54, 1.807) is 25.6 Å². The molecule has 7 heteroatoms. The summed E-state index contributed by atoms with van der Waals surface area (Å²) in [7, 11) is 1.55. The minimum Gasteiger partial charge on any atom is -0.494 e. The third-order valence-electron chi connectivity index (χ3n) is 4.65. The minimum absolute atomic E-state index is 0.279. The lowest BCUT2D eigenvalue weighted by Gasteiger charge is -2.23. The van der Waals surface area contributed by atoms with Crippen LogP contribution in [-0.4, -0.2) is 27.6 Å². The van der Waals surface area contributed by atoms with Crippen LogP contribution in [0, 0.1) is 11.6 Å². The number of halogens is 2. The van der Waals surface area contributed by atoms with E-state index in [1.807, 2.05) is 39.0 Å². The zero-order chi connectivity index (χ0) is 22.2. The number of anilines is 1. The van der Waals surface area contributed by atoms with Crippen molar-refractivity contribution in [1.29, 1.82) is 0 Å². The molecule has 2 aromatic heterocycles. The van der Waals surface area contributed by atoms with Gasteiger partial charge in [0, 0.05) is 28.9 Å². The van der Waals surface area contributed by atoms with Crippen LogP contribution in [0.5, 0.6) is 5.75 Å². The van der Waals surface area contributed by atoms with Crippen molar-refractivity contribution in [2.75, 3.05) is 12.4 Å². The van der Waals surface area contributed by atoms with Gasteiger partial charge in [0.2, 0.25) is 0 Å². The highest BCUT2D eigenvalue weighted by molar-refractivity contribution is 5.98. The molecule has 31 heavy (non-hydrogen) atoms. The van der Waals surface area contributed by atoms with Crippen molar-refractivity contribution in [3.05, 3.63) is 66.5 Å². The van der Waals surface area contributed by atoms with Gasteiger partial charge in [0.15, 0.2) is 17.5 Å². The molecule has 2 heterocycles. The molecule has 0 aliphatic carbocycles. The van der Waals surface area contributed by atoms with Gasteiger partial charge < -0.3 is 10.1 Å². The fraction of sp³-hybridized carbons (Fsp3) is 0.208. The molecule has 0 atom stereocenters. The van der Waals surface area contributed by atoms with E-state index in [0.29, 0.717) is 39.4 Å². The molecule has 158 valence electrons. The predicted molar refractivity (Wildman–Crippen MR) is 118 cm³/mol. The third kappa shape index (κ3) is 4.30. The molecule has 2 aromatic carbocycles. The molecule has 0 saturated carbocycles. The maximum atomic E-state index is 13.9. The Morgan fingerprint density at radius 2 is 1.71 bits per heavy atom. The van der Waals surface area contributed by atoms with Crippen molar-refractivity contribution >= 4 is 16.7 Å². The first-order chi connectivity index (χ1) is 14.7. The second-order valence-corrected chi connectivity index (χ2v) is 8.22. The number of methoxy groups -OCH3 is 1. The summed E-state index contributed by atoms with van der Waals surface area (Å²) < 4.78 is 32.9. The number of ether oxygens (including phenoxy) is 1. The average molecular weight is 420 g/mol. The molecule has 0 fully saturated rings. The van der Waals surface area contributed by atoms with Gasteiger partial charge in [-0.05, 0) is 68.3 Å². The fourth-order valence-electron chi connectivity index (χ4n) is 3.27. The van der Waals surface area contributed by atoms with Crippen LogP contribution in [0.25, 0.3) is 33.4 Å². The summed E-state index contributed by atoms with van der Waals surface area (Å²) in [6, 6.07) is 11.1. The van der Waals surface area contributed by atoms with E-state index in [2.05, 4.69) is 10.3 Å². The Morgan fingerprint density at radius 1 is 0.903 bits per heavy atom. The summed E-state index contributed by atoms with van der Waals surface area (Å²) in [4.78, 5) is 13.6. The van der Waals surface area contributed by atoms with Crippen LogP contribution < -0.4 is 10.1 Å². The van der Waals surface area contributed by atoms with Gasteiger partial charge in [0.1, 0.15) is 17.1 Å². The molecule has 5 nitrogen and oxygen atoms in total. The molecule has 0 radical (unpaired) electrons. The average Bonchev–Trinajstić information content (AvgIpc) is 2.74. The molecule has 0 unspecified atom stereocenters. The summed E-state index contributed by atoms with van der Waals surface area (Å²) >= 11 is 0. The highest BCUT2D eigenvalue weighted by Crippen LogP contribution is 2.36. The first-order valence-electron chi connectivity index (χ1n) is 9.79. The second-order valence-electron chi connectivity index (χ2n) is 8.22. The SMILES string of the molecule is COc1cc(-c2ccc(F)c(F)c2)cc2c(NC(C)(C)C)nc(-c3cccnc3)nc12. The number of fused-ring (bicyclic) bond motifs is 1. The zero-order valence-electron chi connectivity index (χ0n) is 17.7. The van der Waals surface area contributed by atoms with Crippen molar-refractivity contribution < 1.29 is 13.5 Å². The summed E-state index contributed by atoms with van der Waals surface area (Å²) in [5, 5.41) is 4.13. The van der Waals surface area contributed by atoms with Gasteiger partial charge in [-0.1, -0.05) is 6.07 Å². The highest BCUT2D eigenvalue weighted by atomic mass is 19.2. The van der Waals surface area contributed by atoms with Gasteiger partial charge in [0.25, 0.3) is 0 Å². The lowest BCUT2D eigenvalue weighted by Crippen LogP contribution is -2.27. The first kappa shape index (κ1) is 20.7. The molecular formula is C24H22F2N4O. The van der Waals surface area contributed by atoms with Crippen LogP contribution in [0.4, 0.5) is 14.6 Å². The van der Waals surface area contributed by atoms with E-state index in [-0.39, 0.29) is 5.54 Å². The van der Waals surface area contributed by atoms with Crippen LogP contribution >= 0.6 is 0 Å². The van der Waals surface area contributed by atoms with Gasteiger partial charge in [0.05, 0.1) is 7.11 Å². The van der Waals surface area contributed by atoms with E-state index < -0.39 is 11.6 Å². The van der Waals surface area contributed by atoms with Gasteiger partial charge >= 0.3 is 0 Å². The molecule has 0 amide bonds. The van der Waals surface area contributed by atoms with Crippen molar-refractivity contribution in [3.63, 3.8) is 0 Å². The molecule has 0 aliphatic rings. The lowest BCUT2D eigenvalue weighted by molar-refractivity contribution is 0.419. The smallest absolute Gasteiger partial charge is 0.163 e. The number of aromatic nitrogens is 3. The van der Waals surface area contributed by atoms with Gasteiger partial charge in [-0.25, -0.2) is 18.7 Å². The van der Waals surface area contributed by atoms with Crippen LogP contribution in [-0.2, 0) is 0 Å². The Bertz CT molecular complexity index is 1250. The van der Waals surface area contributed by atoms with Gasteiger partial charge in [-0.3, -0.25) is 4.98 Å². The maximum Gasteiger partial charge on any atom is 0.163 e. The molecule has 4 aromatic rings. The zero-order valence-corrected chi connectivity index (χ0v) is 17.7. The number of nitrogens with one attached hydrogen (secondary N) is 1. The van der Waals surface area contributed by atoms with E-state index >= 15 is 0 Å². The van der Waals surface area contributed by atoms with Crippen LogP contribution in [0.15, 0.2) is 54.9 Å². The number of rotatable bonds is 4. The minimum atomic E-state index is -0.909. The molecular weight excluding hydrogens is 398 g/mol. The third-order valence-corrected chi connectivity index (χ3v) is 4.65. The van der Waals surface area contributed by atoms with Crippen molar-refractivity contribution in [3.8, 4) is 28.3 Å². The number of nitrogens with zero attached hydrogens (tertiary/aromatic N) is 3. The fourth-order valence-corrected chi connectivity index (χ4v) is 3.27. The van der Waals surface area contributed by atoms with E-state index in [1.165, 1.54) is 6.07 Å². The lowest BCUT2D eigenvalue weighted by atomic mass is 10.0. The summed E-state index contributed by atoms with van der Waals surface area (Å²) in [6.45, 7) is 6.09. The van der Waals surface area contributed by atoms with E-state index in [0.717, 1.165) is 17.7 Å². The number of pyridine rings is 1. The summed E-state index contributed by atoms with van der Waals surface area (Å²) in [5.41, 5.74) is 2.29. The topological polar surface area (TPSA) is 59.9 Å². The molecule has 0 bridgehead atoms. The van der Waals surface area contributed by atoms with Crippen LogP contribution in [0.2, 0.25) is 0 Å². The highest BCUT2D eigenvalue weighted by Gasteiger charge is 2.19. The summed E-state index contributed by atoms with van der Waals surface area (Å²) in [6.07, 6.45) is 3.39. The first-order valence-corrected chi connectivity index (χ1v) is 9.79. The summed E-state index contributed by atoms with van der Waals surface area (Å²) in [5.74, 6) is -0.184. The van der Waals surface area contributed by atoms with Crippen molar-refractivity contribution in [1.82, 2.24) is 15.0 Å². The van der Waals surface area contributed by atoms with Crippen molar-refractivity contribution in [2.24, 2.45) is 0 Å². The number of benzene rings is 2. The Hall–Kier alpha value is -3.61. The van der Waals surface area contributed by atoms with Gasteiger partial charge in [-0.2, -0.15) is 0 Å². The van der Waals surface area contributed by atoms with Crippen LogP contribution in [0.1, 0.15) is 20.8 Å². The number of hydrogen-bond acceptors (Lipinski definition) is 5. The molecule has 0 spiro atoms. The Morgan fingerprint density at radius 3 is 2.35 bits per heavy atom. The standard InChI is InChI=1S/C24H22F2N4O/c1-24(2,3)30-23-17-10-16(14-7-8-18(25)19(26)11-14)12-20(31-4)21(17)28-22(29-23)15-6-5-9-27-13-15/h5-13H,1-4H3,(H,28,29,30). The van der Waals surface area contributed by atoms with Gasteiger partial charge in [-0.15, -0.1) is 0 Å². The Balaban J connectivity index is 1.99. The van der Waals surface area contributed by atoms with Crippen LogP contribution in [0.3, 0.4) is 0 Å². The monoisotopic (exact) mass is 420 g/mol. The largest absolute Gasteiger partial charge is 0.494 e. The molecule has 0 saturated heterocycles. The Labute approximate surface area is 179 Å². The van der Waals surface area contributed by atoms with Crippen molar-refractivity contribution in [2.45, 2.75) is 26.3 Å². The molecule has 0 aliphatic heterocycles. The second kappa shape index (κ2) is 7.91.